The van der Waals surface area contributed by atoms with Crippen LogP contribution in [0, 0.1) is 0 Å². The lowest BCUT2D eigenvalue weighted by atomic mass is 10.1. The first-order chi connectivity index (χ1) is 7.05. The van der Waals surface area contributed by atoms with Gasteiger partial charge >= 0.3 is 22.4 Å². The predicted octanol–water partition coefficient (Wildman–Crippen LogP) is 0.148. The fraction of sp³-hybridized carbons (Fsp3) is 0.333. The van der Waals surface area contributed by atoms with Gasteiger partial charge < -0.3 is 5.11 Å². The molecule has 0 aliphatic carbocycles. The number of alkyl halides is 3. The zero-order chi connectivity index (χ0) is 12.7. The van der Waals surface area contributed by atoms with E-state index in [2.05, 4.69) is 4.40 Å². The molecule has 0 atom stereocenters. The normalized spacial score (nSPS) is 20.1. The second kappa shape index (κ2) is 3.47. The van der Waals surface area contributed by atoms with Crippen LogP contribution in [-0.2, 0) is 15.0 Å². The van der Waals surface area contributed by atoms with Crippen LogP contribution in [0.3, 0.4) is 0 Å². The molecule has 16 heavy (non-hydrogen) atoms. The Morgan fingerprint density at radius 1 is 1.50 bits per heavy atom. The number of carbonyl (C=O) groups is 1. The number of halogens is 3. The third-order valence-corrected chi connectivity index (χ3v) is 2.88. The van der Waals surface area contributed by atoms with Crippen molar-refractivity contribution in [1.29, 1.82) is 0 Å². The van der Waals surface area contributed by atoms with Crippen LogP contribution in [-0.4, -0.2) is 42.7 Å². The van der Waals surface area contributed by atoms with Gasteiger partial charge in [-0.25, -0.2) is 4.79 Å². The Hall–Kier alpha value is -1.58. The largest absolute Gasteiger partial charge is 0.478 e. The molecule has 0 unspecified atom stereocenters. The van der Waals surface area contributed by atoms with Crippen LogP contribution in [0.1, 0.15) is 0 Å². The summed E-state index contributed by atoms with van der Waals surface area (Å²) in [5, 5.41) is 8.49. The minimum absolute atomic E-state index is 0.297. The van der Waals surface area contributed by atoms with E-state index in [0.717, 1.165) is 7.05 Å². The molecule has 1 heterocycles. The molecule has 0 amide bonds. The Bertz CT molecular complexity index is 490. The third-order valence-electron chi connectivity index (χ3n) is 1.64. The van der Waals surface area contributed by atoms with Crippen molar-refractivity contribution in [3.8, 4) is 0 Å². The van der Waals surface area contributed by atoms with Crippen molar-refractivity contribution in [2.75, 3.05) is 7.05 Å². The summed E-state index contributed by atoms with van der Waals surface area (Å²) in [5.41, 5.74) is -3.15. The van der Waals surface area contributed by atoms with Gasteiger partial charge in [-0.15, -0.1) is 4.40 Å². The van der Waals surface area contributed by atoms with Crippen LogP contribution in [0.15, 0.2) is 16.2 Å². The third kappa shape index (κ3) is 2.15. The van der Waals surface area contributed by atoms with Gasteiger partial charge in [0.15, 0.2) is 5.71 Å². The van der Waals surface area contributed by atoms with E-state index in [1.54, 1.807) is 0 Å². The first-order valence-corrected chi connectivity index (χ1v) is 5.06. The summed E-state index contributed by atoms with van der Waals surface area (Å²) in [5.74, 6) is -1.90. The first-order valence-electron chi connectivity index (χ1n) is 3.66. The lowest BCUT2D eigenvalue weighted by Gasteiger charge is -2.20. The SMILES string of the molecule is CN1C=C(C(=O)O)C(C(F)(F)F)=NS1(=O)=O. The Labute approximate surface area is 87.9 Å². The monoisotopic (exact) mass is 258 g/mol. The van der Waals surface area contributed by atoms with Crippen molar-refractivity contribution in [2.45, 2.75) is 6.18 Å². The summed E-state index contributed by atoms with van der Waals surface area (Å²) in [4.78, 5) is 10.5. The molecule has 0 fully saturated rings. The second-order valence-corrected chi connectivity index (χ2v) is 4.43. The first kappa shape index (κ1) is 12.5. The van der Waals surface area contributed by atoms with Crippen molar-refractivity contribution < 1.29 is 31.5 Å². The molecule has 6 nitrogen and oxygen atoms in total. The van der Waals surface area contributed by atoms with E-state index in [4.69, 9.17) is 5.11 Å². The van der Waals surface area contributed by atoms with Crippen molar-refractivity contribution in [2.24, 2.45) is 4.40 Å². The zero-order valence-electron chi connectivity index (χ0n) is 7.69. The molecule has 0 bridgehead atoms. The van der Waals surface area contributed by atoms with Gasteiger partial charge in [0.05, 0.1) is 0 Å². The topological polar surface area (TPSA) is 87.0 Å². The highest BCUT2D eigenvalue weighted by Crippen LogP contribution is 2.27. The van der Waals surface area contributed by atoms with Gasteiger partial charge in [-0.3, -0.25) is 4.31 Å². The van der Waals surface area contributed by atoms with Crippen LogP contribution >= 0.6 is 0 Å². The Morgan fingerprint density at radius 2 is 2.00 bits per heavy atom. The van der Waals surface area contributed by atoms with Crippen LogP contribution in [0.25, 0.3) is 0 Å². The number of hydrogen-bond acceptors (Lipinski definition) is 3. The molecular formula is C6H5F3N2O4S. The minimum atomic E-state index is -5.14. The van der Waals surface area contributed by atoms with Crippen LogP contribution in [0.2, 0.25) is 0 Å². The molecule has 1 aliphatic rings. The lowest BCUT2D eigenvalue weighted by molar-refractivity contribution is -0.132. The predicted molar refractivity (Wildman–Crippen MR) is 45.9 cm³/mol. The van der Waals surface area contributed by atoms with E-state index in [9.17, 15) is 26.4 Å². The zero-order valence-corrected chi connectivity index (χ0v) is 8.50. The summed E-state index contributed by atoms with van der Waals surface area (Å²) in [6.07, 6.45) is -4.79. The number of carboxylic acids is 1. The standard InChI is InChI=1S/C6H5F3N2O4S/c1-11-2-3(5(12)13)4(6(7,8)9)10-16(11,14)15/h2H,1H3,(H,12,13). The van der Waals surface area contributed by atoms with Gasteiger partial charge in [0.1, 0.15) is 5.57 Å². The maximum atomic E-state index is 12.3. The smallest absolute Gasteiger partial charge is 0.435 e. The average Bonchev–Trinajstić information content (AvgIpc) is 2.06. The van der Waals surface area contributed by atoms with Crippen molar-refractivity contribution in [3.05, 3.63) is 11.8 Å². The van der Waals surface area contributed by atoms with Crippen molar-refractivity contribution in [1.82, 2.24) is 4.31 Å². The summed E-state index contributed by atoms with van der Waals surface area (Å²) in [6.45, 7) is 0. The van der Waals surface area contributed by atoms with Crippen LogP contribution < -0.4 is 0 Å². The fourth-order valence-electron chi connectivity index (χ4n) is 0.899. The molecule has 10 heteroatoms. The van der Waals surface area contributed by atoms with Gasteiger partial charge in [-0.05, 0) is 0 Å². The molecule has 0 aromatic rings. The molecule has 90 valence electrons. The van der Waals surface area contributed by atoms with Crippen molar-refractivity contribution >= 4 is 21.9 Å². The highest BCUT2D eigenvalue weighted by molar-refractivity contribution is 7.88. The molecule has 0 aromatic heterocycles. The van der Waals surface area contributed by atoms with E-state index in [1.807, 2.05) is 0 Å². The molecule has 1 aliphatic heterocycles. The molecule has 0 radical (unpaired) electrons. The van der Waals surface area contributed by atoms with E-state index in [1.165, 1.54) is 0 Å². The molecule has 0 aromatic carbocycles. The number of rotatable bonds is 1. The van der Waals surface area contributed by atoms with Gasteiger partial charge in [0.25, 0.3) is 0 Å². The Balaban J connectivity index is 3.42. The molecule has 1 rings (SSSR count). The van der Waals surface area contributed by atoms with Crippen molar-refractivity contribution in [3.63, 3.8) is 0 Å². The van der Waals surface area contributed by atoms with E-state index < -0.39 is 33.6 Å². The molecule has 0 saturated heterocycles. The molecule has 0 spiro atoms. The summed E-state index contributed by atoms with van der Waals surface area (Å²) >= 11 is 0. The number of hydrogen-bond donors (Lipinski definition) is 1. The fourth-order valence-corrected chi connectivity index (χ4v) is 1.70. The highest BCUT2D eigenvalue weighted by Gasteiger charge is 2.44. The highest BCUT2D eigenvalue weighted by atomic mass is 32.2. The molecular weight excluding hydrogens is 253 g/mol. The second-order valence-electron chi connectivity index (χ2n) is 2.78. The summed E-state index contributed by atoms with van der Waals surface area (Å²) < 4.78 is 61.6. The maximum absolute atomic E-state index is 12.3. The number of carboxylic acid groups (broad SMARTS) is 1. The Morgan fingerprint density at radius 3 is 2.38 bits per heavy atom. The van der Waals surface area contributed by atoms with Crippen LogP contribution in [0.4, 0.5) is 13.2 Å². The molecule has 0 saturated carbocycles. The Kier molecular flexibility index (Phi) is 2.71. The van der Waals surface area contributed by atoms with Gasteiger partial charge in [-0.2, -0.15) is 21.6 Å². The minimum Gasteiger partial charge on any atom is -0.478 e. The van der Waals surface area contributed by atoms with E-state index >= 15 is 0 Å². The van der Waals surface area contributed by atoms with Gasteiger partial charge in [0, 0.05) is 13.2 Å². The lowest BCUT2D eigenvalue weighted by Crippen LogP contribution is -2.36. The van der Waals surface area contributed by atoms with E-state index in [0.29, 0.717) is 10.5 Å². The van der Waals surface area contributed by atoms with Crippen LogP contribution in [0.5, 0.6) is 0 Å². The quantitative estimate of drug-likeness (QED) is 0.725. The number of aliphatic carboxylic acids is 1. The van der Waals surface area contributed by atoms with Gasteiger partial charge in [0.2, 0.25) is 0 Å². The number of nitrogens with zero attached hydrogens (tertiary/aromatic N) is 2. The summed E-state index contributed by atoms with van der Waals surface area (Å²) in [6, 6.07) is 0. The average molecular weight is 258 g/mol. The molecule has 1 N–H and O–H groups in total. The summed E-state index contributed by atoms with van der Waals surface area (Å²) in [7, 11) is -3.61. The van der Waals surface area contributed by atoms with Gasteiger partial charge in [-0.1, -0.05) is 0 Å². The van der Waals surface area contributed by atoms with E-state index in [-0.39, 0.29) is 0 Å². The maximum Gasteiger partial charge on any atom is 0.435 e.